The number of nitrogens with zero attached hydrogens (tertiary/aromatic N) is 5. The number of aromatic amines is 2. The smallest absolute Gasteiger partial charge is 0.135 e. The second-order valence-corrected chi connectivity index (χ2v) is 10.8. The first kappa shape index (κ1) is 26.4. The van der Waals surface area contributed by atoms with Gasteiger partial charge in [0.05, 0.1) is 28.8 Å². The van der Waals surface area contributed by atoms with Crippen LogP contribution in [-0.2, 0) is 0 Å². The molecule has 0 aromatic carbocycles. The van der Waals surface area contributed by atoms with E-state index in [-0.39, 0.29) is 0 Å². The van der Waals surface area contributed by atoms with Gasteiger partial charge in [0.25, 0.3) is 0 Å². The van der Waals surface area contributed by atoms with E-state index in [0.717, 1.165) is 88.9 Å². The Kier molecular flexibility index (Phi) is 7.65. The zero-order chi connectivity index (χ0) is 27.5. The van der Waals surface area contributed by atoms with Crippen LogP contribution in [0.15, 0.2) is 67.7 Å². The number of pyridine rings is 2. The number of H-pyrrole nitrogens is 2. The average molecular weight is 523 g/mol. The van der Waals surface area contributed by atoms with Gasteiger partial charge in [-0.25, -0.2) is 4.98 Å². The second-order valence-electron chi connectivity index (χ2n) is 10.8. The van der Waals surface area contributed by atoms with Crippen molar-refractivity contribution in [3.8, 4) is 22.6 Å². The van der Waals surface area contributed by atoms with E-state index in [4.69, 9.17) is 4.98 Å². The third-order valence-electron chi connectivity index (χ3n) is 7.08. The predicted molar refractivity (Wildman–Crippen MR) is 161 cm³/mol. The molecule has 1 saturated heterocycles. The van der Waals surface area contributed by atoms with Gasteiger partial charge in [-0.3, -0.25) is 10.1 Å². The maximum absolute atomic E-state index is 5.02. The van der Waals surface area contributed by atoms with Gasteiger partial charge in [-0.1, -0.05) is 33.1 Å². The summed E-state index contributed by atoms with van der Waals surface area (Å²) in [5.41, 5.74) is 10.5. The Bertz CT molecular complexity index is 1510. The van der Waals surface area contributed by atoms with Crippen LogP contribution < -0.4 is 5.32 Å². The highest BCUT2D eigenvalue weighted by Gasteiger charge is 2.21. The molecule has 1 aliphatic rings. The maximum Gasteiger partial charge on any atom is 0.135 e. The van der Waals surface area contributed by atoms with Gasteiger partial charge in [-0.05, 0) is 56.7 Å². The van der Waals surface area contributed by atoms with Crippen molar-refractivity contribution in [2.45, 2.75) is 27.2 Å². The van der Waals surface area contributed by atoms with Gasteiger partial charge in [-0.2, -0.15) is 5.10 Å². The van der Waals surface area contributed by atoms with Crippen molar-refractivity contribution < 1.29 is 0 Å². The number of hydrogen-bond acceptors (Lipinski definition) is 6. The summed E-state index contributed by atoms with van der Waals surface area (Å²) < 4.78 is 0. The van der Waals surface area contributed by atoms with E-state index in [0.29, 0.717) is 5.92 Å². The van der Waals surface area contributed by atoms with Crippen LogP contribution in [0.25, 0.3) is 39.4 Å². The molecule has 5 heterocycles. The van der Waals surface area contributed by atoms with E-state index in [2.05, 4.69) is 94.5 Å². The van der Waals surface area contributed by atoms with E-state index < -0.39 is 0 Å². The molecule has 0 spiro atoms. The molecule has 1 fully saturated rings. The summed E-state index contributed by atoms with van der Waals surface area (Å²) in [6.45, 7) is 18.6. The molecule has 4 aromatic heterocycles. The fourth-order valence-corrected chi connectivity index (χ4v) is 5.12. The van der Waals surface area contributed by atoms with Gasteiger partial charge in [0.1, 0.15) is 11.2 Å². The Morgan fingerprint density at radius 3 is 2.69 bits per heavy atom. The monoisotopic (exact) mass is 522 g/mol. The lowest BCUT2D eigenvalue weighted by Gasteiger charge is -2.35. The van der Waals surface area contributed by atoms with Crippen LogP contribution in [-0.4, -0.2) is 68.2 Å². The van der Waals surface area contributed by atoms with Gasteiger partial charge < -0.3 is 20.1 Å². The lowest BCUT2D eigenvalue weighted by atomic mass is 10.1. The molecule has 4 aromatic rings. The fraction of sp³-hybridized carbons (Fsp3) is 0.323. The van der Waals surface area contributed by atoms with E-state index in [9.17, 15) is 0 Å². The first-order chi connectivity index (χ1) is 18.8. The van der Waals surface area contributed by atoms with Crippen molar-refractivity contribution in [1.29, 1.82) is 0 Å². The number of fused-ring (bicyclic) bond motifs is 1. The molecule has 0 radical (unpaired) electrons. The zero-order valence-electron chi connectivity index (χ0n) is 23.4. The Morgan fingerprint density at radius 1 is 1.15 bits per heavy atom. The molecule has 1 aliphatic heterocycles. The highest BCUT2D eigenvalue weighted by molar-refractivity contribution is 5.91. The van der Waals surface area contributed by atoms with Crippen molar-refractivity contribution in [3.05, 3.63) is 78.9 Å². The minimum absolute atomic E-state index is 0.534. The van der Waals surface area contributed by atoms with E-state index in [1.165, 1.54) is 5.70 Å². The van der Waals surface area contributed by atoms with Crippen molar-refractivity contribution in [2.75, 3.05) is 38.5 Å². The number of aryl methyl sites for hydroxylation is 1. The predicted octanol–water partition coefficient (Wildman–Crippen LogP) is 6.07. The molecule has 5 rings (SSSR count). The summed E-state index contributed by atoms with van der Waals surface area (Å²) in [6, 6.07) is 8.26. The highest BCUT2D eigenvalue weighted by Crippen LogP contribution is 2.32. The molecule has 0 unspecified atom stereocenters. The molecular weight excluding hydrogens is 484 g/mol. The average Bonchev–Trinajstić information content (AvgIpc) is 3.50. The molecule has 8 heteroatoms. The van der Waals surface area contributed by atoms with Crippen LogP contribution in [0.3, 0.4) is 0 Å². The number of piperazine rings is 1. The lowest BCUT2D eigenvalue weighted by molar-refractivity contribution is 0.207. The number of hydrogen-bond donors (Lipinski definition) is 3. The highest BCUT2D eigenvalue weighted by atomic mass is 15.3. The van der Waals surface area contributed by atoms with Crippen molar-refractivity contribution >= 4 is 22.4 Å². The number of anilines is 1. The lowest BCUT2D eigenvalue weighted by Crippen LogP contribution is -2.43. The number of rotatable bonds is 9. The topological polar surface area (TPSA) is 88.8 Å². The zero-order valence-corrected chi connectivity index (χ0v) is 23.4. The molecule has 202 valence electrons. The summed E-state index contributed by atoms with van der Waals surface area (Å²) in [4.78, 5) is 17.8. The van der Waals surface area contributed by atoms with Gasteiger partial charge >= 0.3 is 0 Å². The van der Waals surface area contributed by atoms with Gasteiger partial charge in [0.2, 0.25) is 0 Å². The van der Waals surface area contributed by atoms with Gasteiger partial charge in [-0.15, -0.1) is 0 Å². The molecule has 39 heavy (non-hydrogen) atoms. The second kappa shape index (κ2) is 11.3. The number of likely N-dealkylation sites (N-methyl/N-ethyl adjacent to an activating group) is 1. The number of aromatic nitrogens is 5. The van der Waals surface area contributed by atoms with Crippen molar-refractivity contribution in [2.24, 2.45) is 5.92 Å². The molecule has 3 N–H and O–H groups in total. The first-order valence-electron chi connectivity index (χ1n) is 13.5. The molecule has 0 saturated carbocycles. The molecule has 0 amide bonds. The summed E-state index contributed by atoms with van der Waals surface area (Å²) in [6.07, 6.45) is 8.53. The molecule has 8 nitrogen and oxygen atoms in total. The number of nitrogens with one attached hydrogen (secondary N) is 3. The van der Waals surface area contributed by atoms with Crippen molar-refractivity contribution in [3.63, 3.8) is 0 Å². The van der Waals surface area contributed by atoms with Gasteiger partial charge in [0, 0.05) is 60.6 Å². The Morgan fingerprint density at radius 2 is 1.95 bits per heavy atom. The standard InChI is InChI=1S/C31H38N8/c1-7-8-29(39-13-11-38(6)12-14-39)25-17-28(34-22(25)5)31-30-27(36-37-31)10-9-26(35-30)23-16-24(19-32-18-23)33-21(4)15-20(2)3/h7-10,16-20,33-34H,1,4,11-15H2,2-3,5-6H3,(H,36,37)/b29-8+. The molecule has 0 bridgehead atoms. The summed E-state index contributed by atoms with van der Waals surface area (Å²) in [5.74, 6) is 0.534. The minimum Gasteiger partial charge on any atom is -0.368 e. The van der Waals surface area contributed by atoms with Crippen LogP contribution in [0.2, 0.25) is 0 Å². The minimum atomic E-state index is 0.534. The summed E-state index contributed by atoms with van der Waals surface area (Å²) >= 11 is 0. The summed E-state index contributed by atoms with van der Waals surface area (Å²) in [5, 5.41) is 11.2. The third-order valence-corrected chi connectivity index (χ3v) is 7.08. The van der Waals surface area contributed by atoms with Crippen LogP contribution in [0.4, 0.5) is 5.69 Å². The molecular formula is C31H38N8. The van der Waals surface area contributed by atoms with E-state index in [1.807, 2.05) is 30.6 Å². The molecule has 0 atom stereocenters. The molecule has 0 aliphatic carbocycles. The fourth-order valence-electron chi connectivity index (χ4n) is 5.12. The van der Waals surface area contributed by atoms with Crippen LogP contribution >= 0.6 is 0 Å². The van der Waals surface area contributed by atoms with E-state index in [1.54, 1.807) is 0 Å². The third kappa shape index (κ3) is 5.81. The Hall–Kier alpha value is -4.17. The van der Waals surface area contributed by atoms with E-state index >= 15 is 0 Å². The quantitative estimate of drug-likeness (QED) is 0.231. The Labute approximate surface area is 230 Å². The Balaban J connectivity index is 1.46. The van der Waals surface area contributed by atoms with Gasteiger partial charge in [0.15, 0.2) is 0 Å². The largest absolute Gasteiger partial charge is 0.368 e. The number of allylic oxidation sites excluding steroid dienone is 3. The van der Waals surface area contributed by atoms with Crippen LogP contribution in [0.1, 0.15) is 31.5 Å². The maximum atomic E-state index is 5.02. The SMILES string of the molecule is C=C/C=C(\c1cc(-c2n[nH]c3ccc(-c4cncc(NC(=C)CC(C)C)c4)nc23)[nH]c1C)N1CCN(C)CC1. The van der Waals surface area contributed by atoms with Crippen LogP contribution in [0, 0.1) is 12.8 Å². The summed E-state index contributed by atoms with van der Waals surface area (Å²) in [7, 11) is 2.17. The van der Waals surface area contributed by atoms with Crippen molar-refractivity contribution in [1.82, 2.24) is 34.9 Å². The normalized spacial score (nSPS) is 14.8. The van der Waals surface area contributed by atoms with Crippen LogP contribution in [0.5, 0.6) is 0 Å². The first-order valence-corrected chi connectivity index (χ1v) is 13.5.